The second-order valence-electron chi connectivity index (χ2n) is 7.16. The molecule has 0 amide bonds. The molecule has 0 aromatic heterocycles. The molecule has 0 spiro atoms. The maximum Gasteiger partial charge on any atom is 0.143 e. The van der Waals surface area contributed by atoms with E-state index in [2.05, 4.69) is 41.3 Å². The Bertz CT molecular complexity index is 827. The van der Waals surface area contributed by atoms with Crippen LogP contribution in [-0.4, -0.2) is 46.4 Å². The molecular formula is C25H29NO3. The number of benzene rings is 3. The van der Waals surface area contributed by atoms with Gasteiger partial charge in [-0.15, -0.1) is 0 Å². The van der Waals surface area contributed by atoms with Crippen LogP contribution in [0.3, 0.4) is 0 Å². The molecule has 0 unspecified atom stereocenters. The number of hydrogen-bond acceptors (Lipinski definition) is 4. The van der Waals surface area contributed by atoms with E-state index in [0.29, 0.717) is 6.61 Å². The van der Waals surface area contributed by atoms with Crippen molar-refractivity contribution in [3.05, 3.63) is 95.6 Å². The molecule has 3 aromatic rings. The predicted molar refractivity (Wildman–Crippen MR) is 117 cm³/mol. The van der Waals surface area contributed by atoms with Crippen molar-refractivity contribution in [2.45, 2.75) is 5.60 Å². The topological polar surface area (TPSA) is 30.9 Å². The van der Waals surface area contributed by atoms with Crippen molar-refractivity contribution in [2.24, 2.45) is 0 Å². The van der Waals surface area contributed by atoms with Crippen LogP contribution in [0.5, 0.6) is 11.5 Å². The number of nitrogens with zero attached hydrogens (tertiary/aromatic N) is 1. The van der Waals surface area contributed by atoms with Crippen molar-refractivity contribution in [3.8, 4) is 11.5 Å². The van der Waals surface area contributed by atoms with E-state index >= 15 is 0 Å². The third kappa shape index (κ3) is 4.61. The first-order chi connectivity index (χ1) is 14.1. The highest BCUT2D eigenvalue weighted by Gasteiger charge is 2.37. The summed E-state index contributed by atoms with van der Waals surface area (Å²) in [6.45, 7) is 1.40. The fourth-order valence-electron chi connectivity index (χ4n) is 3.46. The average molecular weight is 392 g/mol. The highest BCUT2D eigenvalue weighted by Crippen LogP contribution is 2.41. The molecule has 0 bridgehead atoms. The Morgan fingerprint density at radius 3 is 1.52 bits per heavy atom. The number of likely N-dealkylation sites (N-methyl/N-ethyl adjacent to an activating group) is 1. The molecule has 0 fully saturated rings. The Balaban J connectivity index is 2.18. The summed E-state index contributed by atoms with van der Waals surface area (Å²) in [4.78, 5) is 2.12. The summed E-state index contributed by atoms with van der Waals surface area (Å²) in [5.74, 6) is 1.64. The zero-order valence-electron chi connectivity index (χ0n) is 17.6. The lowest BCUT2D eigenvalue weighted by Gasteiger charge is -2.36. The first kappa shape index (κ1) is 20.9. The van der Waals surface area contributed by atoms with Crippen molar-refractivity contribution in [1.82, 2.24) is 4.90 Å². The fourth-order valence-corrected chi connectivity index (χ4v) is 3.46. The maximum absolute atomic E-state index is 6.72. The van der Waals surface area contributed by atoms with Crippen molar-refractivity contribution >= 4 is 0 Å². The van der Waals surface area contributed by atoms with Crippen molar-refractivity contribution in [2.75, 3.05) is 41.5 Å². The molecule has 0 aliphatic heterocycles. The third-order valence-corrected chi connectivity index (χ3v) is 5.03. The monoisotopic (exact) mass is 391 g/mol. The van der Waals surface area contributed by atoms with Crippen LogP contribution in [0.2, 0.25) is 0 Å². The molecule has 0 saturated carbocycles. The van der Waals surface area contributed by atoms with Gasteiger partial charge in [0.2, 0.25) is 0 Å². The molecule has 0 heterocycles. The molecule has 3 aromatic carbocycles. The molecule has 152 valence electrons. The maximum atomic E-state index is 6.72. The van der Waals surface area contributed by atoms with Crippen LogP contribution in [0.15, 0.2) is 78.9 Å². The number of ether oxygens (including phenoxy) is 3. The van der Waals surface area contributed by atoms with E-state index < -0.39 is 5.60 Å². The van der Waals surface area contributed by atoms with Crippen LogP contribution in [0.1, 0.15) is 16.7 Å². The van der Waals surface area contributed by atoms with Gasteiger partial charge in [-0.05, 0) is 55.1 Å². The summed E-state index contributed by atoms with van der Waals surface area (Å²) in [7, 11) is 7.45. The standard InChI is InChI=1S/C25H29NO3/c1-26(2)18-19-29-25(20-8-6-5-7-9-20,21-10-14-23(27-3)15-11-21)22-12-16-24(28-4)17-13-22/h5-17H,18-19H2,1-4H3. The lowest BCUT2D eigenvalue weighted by atomic mass is 9.80. The molecule has 4 heteroatoms. The Morgan fingerprint density at radius 2 is 1.10 bits per heavy atom. The molecule has 0 atom stereocenters. The Hall–Kier alpha value is -2.82. The lowest BCUT2D eigenvalue weighted by molar-refractivity contribution is 0.00593. The minimum absolute atomic E-state index is 0.583. The van der Waals surface area contributed by atoms with E-state index in [9.17, 15) is 0 Å². The smallest absolute Gasteiger partial charge is 0.143 e. The molecule has 0 aliphatic carbocycles. The Labute approximate surface area is 173 Å². The molecule has 3 rings (SSSR count). The highest BCUT2D eigenvalue weighted by atomic mass is 16.5. The molecular weight excluding hydrogens is 362 g/mol. The number of rotatable bonds is 9. The van der Waals surface area contributed by atoms with Gasteiger partial charge in [-0.1, -0.05) is 54.6 Å². The minimum Gasteiger partial charge on any atom is -0.497 e. The Kier molecular flexibility index (Phi) is 6.91. The zero-order chi connectivity index (χ0) is 20.7. The van der Waals surface area contributed by atoms with Gasteiger partial charge >= 0.3 is 0 Å². The zero-order valence-corrected chi connectivity index (χ0v) is 17.6. The summed E-state index contributed by atoms with van der Waals surface area (Å²) in [6, 6.07) is 26.6. The fraction of sp³-hybridized carbons (Fsp3) is 0.280. The molecule has 0 saturated heterocycles. The van der Waals surface area contributed by atoms with Crippen LogP contribution in [-0.2, 0) is 10.3 Å². The second kappa shape index (κ2) is 9.59. The van der Waals surface area contributed by atoms with Gasteiger partial charge in [0.05, 0.1) is 20.8 Å². The summed E-state index contributed by atoms with van der Waals surface area (Å²) in [6.07, 6.45) is 0. The normalized spacial score (nSPS) is 11.5. The SMILES string of the molecule is COc1ccc(C(OCCN(C)C)(c2ccccc2)c2ccc(OC)cc2)cc1. The van der Waals surface area contributed by atoms with Crippen LogP contribution in [0.4, 0.5) is 0 Å². The molecule has 0 N–H and O–H groups in total. The van der Waals surface area contributed by atoms with Crippen LogP contribution >= 0.6 is 0 Å². The number of hydrogen-bond donors (Lipinski definition) is 0. The van der Waals surface area contributed by atoms with Crippen molar-refractivity contribution in [3.63, 3.8) is 0 Å². The van der Waals surface area contributed by atoms with Crippen LogP contribution < -0.4 is 9.47 Å². The van der Waals surface area contributed by atoms with Crippen molar-refractivity contribution in [1.29, 1.82) is 0 Å². The molecule has 0 aliphatic rings. The largest absolute Gasteiger partial charge is 0.497 e. The summed E-state index contributed by atoms with van der Waals surface area (Å²) >= 11 is 0. The summed E-state index contributed by atoms with van der Waals surface area (Å²) < 4.78 is 17.5. The quantitative estimate of drug-likeness (QED) is 0.500. The van der Waals surface area contributed by atoms with Gasteiger partial charge in [0.15, 0.2) is 0 Å². The van der Waals surface area contributed by atoms with Gasteiger partial charge in [0.1, 0.15) is 17.1 Å². The van der Waals surface area contributed by atoms with E-state index in [1.54, 1.807) is 14.2 Å². The molecule has 0 radical (unpaired) electrons. The van der Waals surface area contributed by atoms with Gasteiger partial charge in [0.25, 0.3) is 0 Å². The third-order valence-electron chi connectivity index (χ3n) is 5.03. The van der Waals surface area contributed by atoms with Gasteiger partial charge in [-0.2, -0.15) is 0 Å². The highest BCUT2D eigenvalue weighted by molar-refractivity contribution is 5.49. The second-order valence-corrected chi connectivity index (χ2v) is 7.16. The summed E-state index contributed by atoms with van der Waals surface area (Å²) in [5.41, 5.74) is 2.44. The van der Waals surface area contributed by atoms with Gasteiger partial charge < -0.3 is 19.1 Å². The number of methoxy groups -OCH3 is 2. The Morgan fingerprint density at radius 1 is 0.655 bits per heavy atom. The van der Waals surface area contributed by atoms with E-state index in [1.165, 1.54) is 0 Å². The lowest BCUT2D eigenvalue weighted by Crippen LogP contribution is -2.35. The molecule has 4 nitrogen and oxygen atoms in total. The van der Waals surface area contributed by atoms with Crippen molar-refractivity contribution < 1.29 is 14.2 Å². The van der Waals surface area contributed by atoms with E-state index in [4.69, 9.17) is 14.2 Å². The van der Waals surface area contributed by atoms with Gasteiger partial charge in [0, 0.05) is 6.54 Å². The first-order valence-electron chi connectivity index (χ1n) is 9.73. The van der Waals surface area contributed by atoms with Gasteiger partial charge in [-0.3, -0.25) is 0 Å². The van der Waals surface area contributed by atoms with E-state index in [-0.39, 0.29) is 0 Å². The first-order valence-corrected chi connectivity index (χ1v) is 9.73. The van der Waals surface area contributed by atoms with Gasteiger partial charge in [-0.25, -0.2) is 0 Å². The van der Waals surface area contributed by atoms with E-state index in [0.717, 1.165) is 34.7 Å². The minimum atomic E-state index is -0.740. The average Bonchev–Trinajstić information content (AvgIpc) is 2.77. The van der Waals surface area contributed by atoms with E-state index in [1.807, 2.05) is 56.6 Å². The van der Waals surface area contributed by atoms with Crippen LogP contribution in [0.25, 0.3) is 0 Å². The summed E-state index contributed by atoms with van der Waals surface area (Å²) in [5, 5.41) is 0. The molecule has 29 heavy (non-hydrogen) atoms. The predicted octanol–water partition coefficient (Wildman–Crippen LogP) is 4.57. The van der Waals surface area contributed by atoms with Crippen LogP contribution in [0, 0.1) is 0 Å².